The van der Waals surface area contributed by atoms with Crippen molar-refractivity contribution in [2.24, 2.45) is 5.73 Å². The van der Waals surface area contributed by atoms with Gasteiger partial charge in [-0.25, -0.2) is 9.18 Å². The van der Waals surface area contributed by atoms with E-state index in [-0.39, 0.29) is 12.4 Å². The molecule has 4 N–H and O–H groups in total. The molecule has 2 rings (SSSR count). The maximum Gasteiger partial charge on any atom is 0.323 e. The van der Waals surface area contributed by atoms with Crippen LogP contribution >= 0.6 is 0 Å². The molecule has 0 aliphatic rings. The molecule has 0 atom stereocenters. The van der Waals surface area contributed by atoms with Crippen molar-refractivity contribution in [2.75, 3.05) is 10.6 Å². The van der Waals surface area contributed by atoms with Crippen LogP contribution in [-0.4, -0.2) is 6.03 Å². The van der Waals surface area contributed by atoms with E-state index < -0.39 is 6.03 Å². The fourth-order valence-electron chi connectivity index (χ4n) is 1.66. The van der Waals surface area contributed by atoms with E-state index in [1.165, 1.54) is 18.2 Å². The van der Waals surface area contributed by atoms with Gasteiger partial charge in [-0.05, 0) is 35.9 Å². The quantitative estimate of drug-likeness (QED) is 0.793. The van der Waals surface area contributed by atoms with Crippen LogP contribution in [0.15, 0.2) is 48.5 Å². The number of carbonyl (C=O) groups excluding carboxylic acids is 1. The highest BCUT2D eigenvalue weighted by Crippen LogP contribution is 2.17. The molecule has 0 saturated heterocycles. The predicted molar refractivity (Wildman–Crippen MR) is 73.4 cm³/mol. The molecule has 0 radical (unpaired) electrons. The first-order chi connectivity index (χ1) is 9.19. The number of hydrogen-bond donors (Lipinski definition) is 3. The van der Waals surface area contributed by atoms with Crippen molar-refractivity contribution < 1.29 is 9.18 Å². The Kier molecular flexibility index (Phi) is 4.10. The van der Waals surface area contributed by atoms with Gasteiger partial charge in [-0.2, -0.15) is 0 Å². The molecule has 98 valence electrons. The first-order valence-electron chi connectivity index (χ1n) is 5.80. The zero-order valence-corrected chi connectivity index (χ0v) is 10.2. The van der Waals surface area contributed by atoms with Gasteiger partial charge in [0.05, 0.1) is 0 Å². The van der Waals surface area contributed by atoms with Crippen LogP contribution in [-0.2, 0) is 6.54 Å². The van der Waals surface area contributed by atoms with Crippen molar-refractivity contribution in [3.63, 3.8) is 0 Å². The zero-order chi connectivity index (χ0) is 13.7. The molecule has 0 unspecified atom stereocenters. The van der Waals surface area contributed by atoms with E-state index in [1.807, 2.05) is 18.2 Å². The number of hydrogen-bond acceptors (Lipinski definition) is 2. The van der Waals surface area contributed by atoms with Gasteiger partial charge in [0.25, 0.3) is 0 Å². The minimum atomic E-state index is -0.396. The molecular weight excluding hydrogens is 245 g/mol. The first-order valence-corrected chi connectivity index (χ1v) is 5.80. The summed E-state index contributed by atoms with van der Waals surface area (Å²) in [6.07, 6.45) is 0. The summed E-state index contributed by atoms with van der Waals surface area (Å²) in [6.45, 7) is 0.151. The number of amides is 2. The topological polar surface area (TPSA) is 67.1 Å². The Morgan fingerprint density at radius 3 is 2.53 bits per heavy atom. The lowest BCUT2D eigenvalue weighted by atomic mass is 10.1. The third kappa shape index (κ3) is 3.53. The van der Waals surface area contributed by atoms with E-state index >= 15 is 0 Å². The highest BCUT2D eigenvalue weighted by Gasteiger charge is 2.07. The van der Waals surface area contributed by atoms with Gasteiger partial charge < -0.3 is 16.4 Å². The number of anilines is 2. The van der Waals surface area contributed by atoms with Gasteiger partial charge in [0.1, 0.15) is 5.82 Å². The van der Waals surface area contributed by atoms with E-state index in [0.717, 1.165) is 0 Å². The Hall–Kier alpha value is -2.40. The first kappa shape index (κ1) is 13.0. The van der Waals surface area contributed by atoms with Gasteiger partial charge >= 0.3 is 6.03 Å². The summed E-state index contributed by atoms with van der Waals surface area (Å²) < 4.78 is 13.0. The molecule has 2 aromatic rings. The standard InChI is InChI=1S/C14H14FN3O/c15-11-6-7-13(10(8-11)9-16)18-14(19)17-12-4-2-1-3-5-12/h1-8H,9,16H2,(H2,17,18,19). The monoisotopic (exact) mass is 259 g/mol. The maximum atomic E-state index is 13.0. The fourth-order valence-corrected chi connectivity index (χ4v) is 1.66. The lowest BCUT2D eigenvalue weighted by Gasteiger charge is -2.11. The molecule has 0 heterocycles. The number of nitrogens with two attached hydrogens (primary N) is 1. The highest BCUT2D eigenvalue weighted by atomic mass is 19.1. The smallest absolute Gasteiger partial charge is 0.323 e. The van der Waals surface area contributed by atoms with Crippen LogP contribution in [0.5, 0.6) is 0 Å². The summed E-state index contributed by atoms with van der Waals surface area (Å²) in [6, 6.07) is 12.7. The second-order valence-electron chi connectivity index (χ2n) is 3.95. The van der Waals surface area contributed by atoms with Crippen molar-refractivity contribution in [1.29, 1.82) is 0 Å². The Labute approximate surface area is 110 Å². The van der Waals surface area contributed by atoms with Gasteiger partial charge in [0, 0.05) is 17.9 Å². The molecule has 0 bridgehead atoms. The molecule has 19 heavy (non-hydrogen) atoms. The average Bonchev–Trinajstić information content (AvgIpc) is 2.42. The number of carbonyl (C=O) groups is 1. The van der Waals surface area contributed by atoms with E-state index in [9.17, 15) is 9.18 Å². The molecule has 0 aromatic heterocycles. The van der Waals surface area contributed by atoms with Crippen molar-refractivity contribution in [2.45, 2.75) is 6.54 Å². The van der Waals surface area contributed by atoms with Gasteiger partial charge in [-0.15, -0.1) is 0 Å². The number of nitrogens with one attached hydrogen (secondary N) is 2. The van der Waals surface area contributed by atoms with Crippen LogP contribution in [0.1, 0.15) is 5.56 Å². The predicted octanol–water partition coefficient (Wildman–Crippen LogP) is 2.93. The normalized spacial score (nSPS) is 10.0. The molecule has 2 amide bonds. The van der Waals surface area contributed by atoms with Crippen LogP contribution < -0.4 is 16.4 Å². The molecule has 4 nitrogen and oxygen atoms in total. The summed E-state index contributed by atoms with van der Waals surface area (Å²) in [4.78, 5) is 11.8. The van der Waals surface area contributed by atoms with Crippen LogP contribution in [0.25, 0.3) is 0 Å². The molecular formula is C14H14FN3O. The number of halogens is 1. The summed E-state index contributed by atoms with van der Waals surface area (Å²) in [5.41, 5.74) is 7.23. The molecule has 0 aliphatic heterocycles. The highest BCUT2D eigenvalue weighted by molar-refractivity contribution is 6.00. The second-order valence-corrected chi connectivity index (χ2v) is 3.95. The molecule has 2 aromatic carbocycles. The Balaban J connectivity index is 2.07. The Bertz CT molecular complexity index is 572. The Morgan fingerprint density at radius 1 is 1.11 bits per heavy atom. The van der Waals surface area contributed by atoms with Crippen LogP contribution in [0.2, 0.25) is 0 Å². The van der Waals surface area contributed by atoms with Crippen molar-refractivity contribution in [1.82, 2.24) is 0 Å². The van der Waals surface area contributed by atoms with Gasteiger partial charge in [-0.3, -0.25) is 0 Å². The average molecular weight is 259 g/mol. The van der Waals surface area contributed by atoms with Crippen LogP contribution in [0, 0.1) is 5.82 Å². The third-order valence-corrected chi connectivity index (χ3v) is 2.57. The summed E-state index contributed by atoms with van der Waals surface area (Å²) in [5.74, 6) is -0.380. The molecule has 0 spiro atoms. The van der Waals surface area contributed by atoms with Crippen molar-refractivity contribution >= 4 is 17.4 Å². The number of urea groups is 1. The van der Waals surface area contributed by atoms with Crippen LogP contribution in [0.3, 0.4) is 0 Å². The lowest BCUT2D eigenvalue weighted by Crippen LogP contribution is -2.20. The van der Waals surface area contributed by atoms with Gasteiger partial charge in [0.2, 0.25) is 0 Å². The molecule has 5 heteroatoms. The van der Waals surface area contributed by atoms with Crippen molar-refractivity contribution in [3.8, 4) is 0 Å². The molecule has 0 fully saturated rings. The number of para-hydroxylation sites is 1. The van der Waals surface area contributed by atoms with E-state index in [0.29, 0.717) is 16.9 Å². The van der Waals surface area contributed by atoms with E-state index in [4.69, 9.17) is 5.73 Å². The number of rotatable bonds is 3. The summed E-state index contributed by atoms with van der Waals surface area (Å²) in [7, 11) is 0. The Morgan fingerprint density at radius 2 is 1.84 bits per heavy atom. The molecule has 0 aliphatic carbocycles. The van der Waals surface area contributed by atoms with E-state index in [2.05, 4.69) is 10.6 Å². The van der Waals surface area contributed by atoms with Gasteiger partial charge in [-0.1, -0.05) is 18.2 Å². The minimum absolute atomic E-state index is 0.151. The second kappa shape index (κ2) is 5.97. The fraction of sp³-hybridized carbons (Fsp3) is 0.0714. The third-order valence-electron chi connectivity index (χ3n) is 2.57. The minimum Gasteiger partial charge on any atom is -0.326 e. The molecule has 0 saturated carbocycles. The summed E-state index contributed by atoms with van der Waals surface area (Å²) in [5, 5.41) is 5.31. The lowest BCUT2D eigenvalue weighted by molar-refractivity contribution is 0.262. The zero-order valence-electron chi connectivity index (χ0n) is 10.2. The SMILES string of the molecule is NCc1cc(F)ccc1NC(=O)Nc1ccccc1. The van der Waals surface area contributed by atoms with E-state index in [1.54, 1.807) is 12.1 Å². The largest absolute Gasteiger partial charge is 0.326 e. The summed E-state index contributed by atoms with van der Waals surface area (Å²) >= 11 is 0. The maximum absolute atomic E-state index is 13.0. The number of benzene rings is 2. The van der Waals surface area contributed by atoms with Crippen molar-refractivity contribution in [3.05, 3.63) is 59.9 Å². The van der Waals surface area contributed by atoms with Crippen LogP contribution in [0.4, 0.5) is 20.6 Å². The van der Waals surface area contributed by atoms with Gasteiger partial charge in [0.15, 0.2) is 0 Å².